The highest BCUT2D eigenvalue weighted by Crippen LogP contribution is 2.31. The zero-order valence-electron chi connectivity index (χ0n) is 8.85. The zero-order valence-corrected chi connectivity index (χ0v) is 9.66. The van der Waals surface area contributed by atoms with Gasteiger partial charge in [-0.25, -0.2) is 13.1 Å². The molecule has 6 heteroatoms. The lowest BCUT2D eigenvalue weighted by molar-refractivity contribution is 0.236. The predicted molar refractivity (Wildman–Crippen MR) is 57.2 cm³/mol. The van der Waals surface area contributed by atoms with Gasteiger partial charge in [0, 0.05) is 6.54 Å². The van der Waals surface area contributed by atoms with Gasteiger partial charge in [-0.3, -0.25) is 0 Å². The van der Waals surface area contributed by atoms with Crippen LogP contribution in [0, 0.1) is 5.92 Å². The molecule has 0 spiro atoms. The highest BCUT2D eigenvalue weighted by Gasteiger charge is 2.23. The van der Waals surface area contributed by atoms with E-state index in [1.807, 2.05) is 0 Å². The fraction of sp³-hybridized carbons (Fsp3) is 0.600. The summed E-state index contributed by atoms with van der Waals surface area (Å²) in [4.78, 5) is 0. The van der Waals surface area contributed by atoms with Crippen LogP contribution in [0.3, 0.4) is 0 Å². The third kappa shape index (κ3) is 2.84. The molecule has 1 fully saturated rings. The molecule has 0 saturated heterocycles. The van der Waals surface area contributed by atoms with E-state index in [0.29, 0.717) is 12.5 Å². The second-order valence-electron chi connectivity index (χ2n) is 4.01. The first kappa shape index (κ1) is 11.6. The van der Waals surface area contributed by atoms with Crippen molar-refractivity contribution in [2.24, 2.45) is 5.92 Å². The number of sulfonamides is 1. The molecular formula is C10H15NO4S. The summed E-state index contributed by atoms with van der Waals surface area (Å²) in [5, 5.41) is 8.63. The number of rotatable bonds is 6. The third-order valence-corrected chi connectivity index (χ3v) is 3.93. The molecular weight excluding hydrogens is 230 g/mol. The molecule has 1 saturated carbocycles. The number of aliphatic hydroxyl groups is 1. The molecule has 0 aromatic carbocycles. The van der Waals surface area contributed by atoms with E-state index in [4.69, 9.17) is 9.52 Å². The van der Waals surface area contributed by atoms with Crippen LogP contribution in [0.15, 0.2) is 21.6 Å². The van der Waals surface area contributed by atoms with Gasteiger partial charge in [0.1, 0.15) is 12.4 Å². The molecule has 2 N–H and O–H groups in total. The highest BCUT2D eigenvalue weighted by molar-refractivity contribution is 7.89. The second kappa shape index (κ2) is 4.57. The van der Waals surface area contributed by atoms with Crippen molar-refractivity contribution in [3.05, 3.63) is 17.9 Å². The fourth-order valence-corrected chi connectivity index (χ4v) is 2.46. The SMILES string of the molecule is O=S(=O)(NCCC1CC1)c1ccc(CO)o1. The van der Waals surface area contributed by atoms with Crippen LogP contribution in [0.2, 0.25) is 0 Å². The Morgan fingerprint density at radius 3 is 2.75 bits per heavy atom. The predicted octanol–water partition coefficient (Wildman–Crippen LogP) is 0.850. The largest absolute Gasteiger partial charge is 0.446 e. The minimum absolute atomic E-state index is 0.132. The Kier molecular flexibility index (Phi) is 3.32. The molecule has 0 radical (unpaired) electrons. The van der Waals surface area contributed by atoms with Crippen molar-refractivity contribution in [1.82, 2.24) is 4.72 Å². The van der Waals surface area contributed by atoms with Gasteiger partial charge >= 0.3 is 0 Å². The lowest BCUT2D eigenvalue weighted by atomic mass is 10.3. The van der Waals surface area contributed by atoms with E-state index in [9.17, 15) is 8.42 Å². The van der Waals surface area contributed by atoms with E-state index in [0.717, 1.165) is 6.42 Å². The Bertz CT molecular complexity index is 447. The molecule has 0 amide bonds. The van der Waals surface area contributed by atoms with E-state index in [2.05, 4.69) is 4.72 Å². The molecule has 0 atom stereocenters. The molecule has 1 aliphatic carbocycles. The maximum Gasteiger partial charge on any atom is 0.273 e. The van der Waals surface area contributed by atoms with Crippen molar-refractivity contribution >= 4 is 10.0 Å². The summed E-state index contributed by atoms with van der Waals surface area (Å²) in [6.07, 6.45) is 3.29. The Hall–Kier alpha value is -0.850. The van der Waals surface area contributed by atoms with Gasteiger partial charge in [-0.1, -0.05) is 12.8 Å². The first-order chi connectivity index (χ1) is 7.62. The van der Waals surface area contributed by atoms with Crippen LogP contribution in [0.1, 0.15) is 25.0 Å². The van der Waals surface area contributed by atoms with Crippen LogP contribution in [0.25, 0.3) is 0 Å². The number of aliphatic hydroxyl groups excluding tert-OH is 1. The number of hydrogen-bond donors (Lipinski definition) is 2. The standard InChI is InChI=1S/C10H15NO4S/c12-7-9-3-4-10(15-9)16(13,14)11-6-5-8-1-2-8/h3-4,8,11-12H,1-2,5-7H2. The van der Waals surface area contributed by atoms with Gasteiger partial charge in [-0.2, -0.15) is 0 Å². The van der Waals surface area contributed by atoms with Gasteiger partial charge < -0.3 is 9.52 Å². The Morgan fingerprint density at radius 1 is 1.44 bits per heavy atom. The molecule has 2 rings (SSSR count). The molecule has 1 aromatic rings. The maximum absolute atomic E-state index is 11.7. The first-order valence-electron chi connectivity index (χ1n) is 5.31. The van der Waals surface area contributed by atoms with Crippen molar-refractivity contribution in [1.29, 1.82) is 0 Å². The molecule has 1 aromatic heterocycles. The molecule has 16 heavy (non-hydrogen) atoms. The summed E-state index contributed by atoms with van der Waals surface area (Å²) in [6, 6.07) is 2.81. The fourth-order valence-electron chi connectivity index (χ4n) is 1.46. The zero-order chi connectivity index (χ0) is 11.6. The summed E-state index contributed by atoms with van der Waals surface area (Å²) >= 11 is 0. The Balaban J connectivity index is 1.94. The summed E-state index contributed by atoms with van der Waals surface area (Å²) in [5.74, 6) is 0.940. The highest BCUT2D eigenvalue weighted by atomic mass is 32.2. The van der Waals surface area contributed by atoms with E-state index in [-0.39, 0.29) is 17.5 Å². The number of furan rings is 1. The number of hydrogen-bond acceptors (Lipinski definition) is 4. The van der Waals surface area contributed by atoms with Crippen molar-refractivity contribution in [3.8, 4) is 0 Å². The quantitative estimate of drug-likeness (QED) is 0.778. The van der Waals surface area contributed by atoms with E-state index in [1.165, 1.54) is 25.0 Å². The smallest absolute Gasteiger partial charge is 0.273 e. The van der Waals surface area contributed by atoms with Gasteiger partial charge in [0.05, 0.1) is 0 Å². The average Bonchev–Trinajstić information content (AvgIpc) is 2.93. The summed E-state index contributed by atoms with van der Waals surface area (Å²) in [5.41, 5.74) is 0. The Morgan fingerprint density at radius 2 is 2.19 bits per heavy atom. The molecule has 0 aliphatic heterocycles. The monoisotopic (exact) mass is 245 g/mol. The van der Waals surface area contributed by atoms with Crippen molar-refractivity contribution < 1.29 is 17.9 Å². The van der Waals surface area contributed by atoms with E-state index >= 15 is 0 Å². The number of nitrogens with one attached hydrogen (secondary N) is 1. The molecule has 1 aliphatic rings. The normalized spacial score (nSPS) is 16.6. The van der Waals surface area contributed by atoms with Crippen molar-refractivity contribution in [3.63, 3.8) is 0 Å². The van der Waals surface area contributed by atoms with Crippen LogP contribution in [0.4, 0.5) is 0 Å². The Labute approximate surface area is 94.5 Å². The van der Waals surface area contributed by atoms with Crippen LogP contribution in [-0.2, 0) is 16.6 Å². The van der Waals surface area contributed by atoms with E-state index < -0.39 is 10.0 Å². The molecule has 5 nitrogen and oxygen atoms in total. The topological polar surface area (TPSA) is 79.5 Å². The molecule has 1 heterocycles. The maximum atomic E-state index is 11.7. The van der Waals surface area contributed by atoms with Gasteiger partial charge in [0.2, 0.25) is 5.09 Å². The molecule has 0 unspecified atom stereocenters. The summed E-state index contributed by atoms with van der Waals surface area (Å²) in [6.45, 7) is 0.153. The summed E-state index contributed by atoms with van der Waals surface area (Å²) < 4.78 is 30.8. The van der Waals surface area contributed by atoms with Crippen molar-refractivity contribution in [2.45, 2.75) is 31.0 Å². The van der Waals surface area contributed by atoms with Crippen LogP contribution in [0.5, 0.6) is 0 Å². The third-order valence-electron chi connectivity index (χ3n) is 2.60. The van der Waals surface area contributed by atoms with Crippen LogP contribution >= 0.6 is 0 Å². The molecule has 0 bridgehead atoms. The van der Waals surface area contributed by atoms with Crippen LogP contribution < -0.4 is 4.72 Å². The van der Waals surface area contributed by atoms with Crippen molar-refractivity contribution in [2.75, 3.05) is 6.54 Å². The van der Waals surface area contributed by atoms with E-state index in [1.54, 1.807) is 0 Å². The lowest BCUT2D eigenvalue weighted by Gasteiger charge is -2.02. The second-order valence-corrected chi connectivity index (χ2v) is 5.71. The minimum Gasteiger partial charge on any atom is -0.446 e. The van der Waals surface area contributed by atoms with Gasteiger partial charge in [-0.05, 0) is 24.5 Å². The summed E-state index contributed by atoms with van der Waals surface area (Å²) in [7, 11) is -3.55. The van der Waals surface area contributed by atoms with Crippen LogP contribution in [-0.4, -0.2) is 20.1 Å². The van der Waals surface area contributed by atoms with Gasteiger partial charge in [0.25, 0.3) is 10.0 Å². The van der Waals surface area contributed by atoms with Gasteiger partial charge in [-0.15, -0.1) is 0 Å². The van der Waals surface area contributed by atoms with Gasteiger partial charge in [0.15, 0.2) is 0 Å². The lowest BCUT2D eigenvalue weighted by Crippen LogP contribution is -2.24. The molecule has 90 valence electrons. The average molecular weight is 245 g/mol. The minimum atomic E-state index is -3.55. The first-order valence-corrected chi connectivity index (χ1v) is 6.79.